The average Bonchev–Trinajstić information content (AvgIpc) is 3.79. The van der Waals surface area contributed by atoms with Crippen LogP contribution in [0.5, 0.6) is 0 Å². The molecule has 63 heavy (non-hydrogen) atoms. The Kier molecular flexibility index (Phi) is 21.0. The molecule has 6 atom stereocenters. The summed E-state index contributed by atoms with van der Waals surface area (Å²) in [6, 6.07) is 9.89. The normalized spacial score (nSPS) is 15.5. The van der Waals surface area contributed by atoms with Crippen molar-refractivity contribution in [3.05, 3.63) is 71.8 Å². The quantitative estimate of drug-likeness (QED) is 0.0235. The van der Waals surface area contributed by atoms with E-state index in [1.165, 1.54) is 0 Å². The minimum Gasteiger partial charge on any atom is -0.480 e. The molecule has 3 rings (SSSR count). The van der Waals surface area contributed by atoms with Crippen molar-refractivity contribution in [2.45, 2.75) is 100 Å². The second-order valence-corrected chi connectivity index (χ2v) is 14.9. The van der Waals surface area contributed by atoms with Gasteiger partial charge < -0.3 is 65.3 Å². The van der Waals surface area contributed by atoms with Crippen LogP contribution in [0.2, 0.25) is 0 Å². The Morgan fingerprint density at radius 3 is 1.59 bits per heavy atom. The van der Waals surface area contributed by atoms with Crippen LogP contribution in [-0.2, 0) is 56.0 Å². The summed E-state index contributed by atoms with van der Waals surface area (Å²) >= 11 is 0. The summed E-state index contributed by atoms with van der Waals surface area (Å²) in [5.41, 5.74) is 22.7. The Bertz CT molecular complexity index is 1920. The molecule has 22 heteroatoms. The summed E-state index contributed by atoms with van der Waals surface area (Å²) < 4.78 is 0. The number of aliphatic imine (C=N–C) groups is 1. The van der Waals surface area contributed by atoms with Gasteiger partial charge >= 0.3 is 5.97 Å². The number of nitrogens with zero attached hydrogens (tertiary/aromatic N) is 1. The molecule has 8 amide bonds. The lowest BCUT2D eigenvalue weighted by Gasteiger charge is -2.27. The van der Waals surface area contributed by atoms with Crippen molar-refractivity contribution >= 4 is 59.2 Å². The number of rotatable bonds is 27. The van der Waals surface area contributed by atoms with E-state index >= 15 is 0 Å². The maximum Gasteiger partial charge on any atom is 0.326 e. The number of hydrogen-bond donors (Lipinski definition) is 12. The highest BCUT2D eigenvalue weighted by molar-refractivity contribution is 5.97. The predicted molar refractivity (Wildman–Crippen MR) is 228 cm³/mol. The number of benzene rings is 2. The molecule has 0 spiro atoms. The summed E-state index contributed by atoms with van der Waals surface area (Å²) in [4.78, 5) is 121. The summed E-state index contributed by atoms with van der Waals surface area (Å²) in [7, 11) is 0. The zero-order valence-electron chi connectivity index (χ0n) is 34.8. The molecular weight excluding hydrogens is 821 g/mol. The maximum atomic E-state index is 13.9. The predicted octanol–water partition coefficient (Wildman–Crippen LogP) is -3.57. The highest BCUT2D eigenvalue weighted by Crippen LogP contribution is 2.11. The van der Waals surface area contributed by atoms with E-state index in [2.05, 4.69) is 42.2 Å². The molecule has 342 valence electrons. The Morgan fingerprint density at radius 1 is 0.635 bits per heavy atom. The second-order valence-electron chi connectivity index (χ2n) is 14.9. The monoisotopic (exact) mass is 878 g/mol. The molecule has 0 saturated carbocycles. The van der Waals surface area contributed by atoms with Crippen molar-refractivity contribution in [2.75, 3.05) is 19.6 Å². The van der Waals surface area contributed by atoms with Crippen LogP contribution in [0.1, 0.15) is 62.5 Å². The van der Waals surface area contributed by atoms with Crippen LogP contribution < -0.4 is 60.2 Å². The lowest BCUT2D eigenvalue weighted by Crippen LogP contribution is -2.59. The summed E-state index contributed by atoms with van der Waals surface area (Å²) in [6.07, 6.45) is 0.0370. The molecule has 1 saturated heterocycles. The zero-order chi connectivity index (χ0) is 46.3. The van der Waals surface area contributed by atoms with E-state index in [1.54, 1.807) is 60.7 Å². The van der Waals surface area contributed by atoms with Crippen molar-refractivity contribution in [3.8, 4) is 0 Å². The molecule has 1 aliphatic heterocycles. The fraction of sp³-hybridized carbons (Fsp3) is 0.463. The van der Waals surface area contributed by atoms with Gasteiger partial charge in [-0.1, -0.05) is 60.7 Å². The van der Waals surface area contributed by atoms with Gasteiger partial charge in [-0.2, -0.15) is 0 Å². The molecule has 0 unspecified atom stereocenters. The largest absolute Gasteiger partial charge is 0.480 e. The smallest absolute Gasteiger partial charge is 0.326 e. The number of nitrogens with two attached hydrogens (primary N) is 4. The summed E-state index contributed by atoms with van der Waals surface area (Å²) in [6.45, 7) is 0.0712. The first-order valence-electron chi connectivity index (χ1n) is 20.5. The highest BCUT2D eigenvalue weighted by atomic mass is 16.4. The lowest BCUT2D eigenvalue weighted by atomic mass is 10.0. The van der Waals surface area contributed by atoms with Gasteiger partial charge in [0.2, 0.25) is 47.3 Å². The van der Waals surface area contributed by atoms with E-state index in [0.717, 1.165) is 6.42 Å². The number of carboxylic acids is 1. The van der Waals surface area contributed by atoms with Gasteiger partial charge in [0.15, 0.2) is 5.96 Å². The van der Waals surface area contributed by atoms with Gasteiger partial charge in [-0.15, -0.1) is 0 Å². The van der Waals surface area contributed by atoms with E-state index in [0.29, 0.717) is 24.1 Å². The number of guanidine groups is 1. The fourth-order valence-corrected chi connectivity index (χ4v) is 6.52. The van der Waals surface area contributed by atoms with Gasteiger partial charge in [0.25, 0.3) is 0 Å². The Hall–Kier alpha value is -7.10. The van der Waals surface area contributed by atoms with Crippen LogP contribution in [0.3, 0.4) is 0 Å². The van der Waals surface area contributed by atoms with Crippen molar-refractivity contribution in [1.82, 2.24) is 37.2 Å². The maximum absolute atomic E-state index is 13.9. The molecule has 0 bridgehead atoms. The topological polar surface area (TPSA) is 375 Å². The SMILES string of the molecule is NC(=O)CC[C@H](NC(=O)[C@H](CCC(N)=O)NC(=O)[C@H](Cc1ccccc1)NC(=O)[C@@H]1CCCN1)C(=O)N[C@@H](Cc1ccccc1)C(=O)NCC(=O)N[C@@H](CCCN=C(N)N)C(=O)O. The van der Waals surface area contributed by atoms with E-state index in [4.69, 9.17) is 22.9 Å². The van der Waals surface area contributed by atoms with E-state index in [-0.39, 0.29) is 57.5 Å². The molecule has 1 fully saturated rings. The van der Waals surface area contributed by atoms with Crippen molar-refractivity contribution in [2.24, 2.45) is 27.9 Å². The summed E-state index contributed by atoms with van der Waals surface area (Å²) in [5, 5.41) is 27.7. The third kappa shape index (κ3) is 19.0. The zero-order valence-corrected chi connectivity index (χ0v) is 34.8. The van der Waals surface area contributed by atoms with Gasteiger partial charge in [-0.3, -0.25) is 43.3 Å². The second kappa shape index (κ2) is 26.3. The van der Waals surface area contributed by atoms with Gasteiger partial charge in [-0.05, 0) is 56.2 Å². The molecule has 1 heterocycles. The number of hydrogen-bond acceptors (Lipinski definition) is 11. The Balaban J connectivity index is 1.80. The standard InChI is InChI=1S/C41H58N12O10/c42-32(54)17-15-27(51-39(61)31(22-25-11-5-2-6-12-25)53-36(58)26-13-7-19-46-26)37(59)50-28(16-18-33(43)55)38(60)52-30(21-24-9-3-1-4-10-24)35(57)48-23-34(56)49-29(40(62)63)14-8-20-47-41(44)45/h1-6,9-12,26-31,46H,7-8,13-23H2,(H2,42,54)(H2,43,55)(H,48,57)(H,49,56)(H,50,59)(H,51,61)(H,52,60)(H,53,58)(H,62,63)(H4,44,45,47)/t26-,27-,28-,29-,30-,31-/m0/s1. The minimum atomic E-state index is -1.53. The number of carbonyl (C=O) groups excluding carboxylic acids is 8. The summed E-state index contributed by atoms with van der Waals surface area (Å²) in [5.74, 6) is -7.91. The van der Waals surface area contributed by atoms with Crippen molar-refractivity contribution in [1.29, 1.82) is 0 Å². The van der Waals surface area contributed by atoms with Crippen molar-refractivity contribution in [3.63, 3.8) is 0 Å². The molecule has 2 aromatic rings. The van der Waals surface area contributed by atoms with Crippen LogP contribution in [0.15, 0.2) is 65.7 Å². The number of amides is 8. The first-order chi connectivity index (χ1) is 30.0. The number of primary amides is 2. The first kappa shape index (κ1) is 50.3. The van der Waals surface area contributed by atoms with E-state index in [9.17, 15) is 48.3 Å². The molecule has 16 N–H and O–H groups in total. The van der Waals surface area contributed by atoms with Gasteiger partial charge in [0.05, 0.1) is 12.6 Å². The average molecular weight is 879 g/mol. The van der Waals surface area contributed by atoms with Gasteiger partial charge in [-0.25, -0.2) is 4.79 Å². The number of aliphatic carboxylic acids is 1. The van der Waals surface area contributed by atoms with Crippen molar-refractivity contribution < 1.29 is 48.3 Å². The minimum absolute atomic E-state index is 0.0209. The molecule has 0 aliphatic carbocycles. The third-order valence-corrected chi connectivity index (χ3v) is 9.83. The highest BCUT2D eigenvalue weighted by Gasteiger charge is 2.33. The van der Waals surface area contributed by atoms with Gasteiger partial charge in [0, 0.05) is 32.2 Å². The Morgan fingerprint density at radius 2 is 1.13 bits per heavy atom. The fourth-order valence-electron chi connectivity index (χ4n) is 6.52. The van der Waals surface area contributed by atoms with Crippen LogP contribution in [0, 0.1) is 0 Å². The number of carbonyl (C=O) groups is 9. The number of carboxylic acid groups (broad SMARTS) is 1. The number of nitrogens with one attached hydrogen (secondary N) is 7. The molecule has 22 nitrogen and oxygen atoms in total. The van der Waals surface area contributed by atoms with E-state index in [1.807, 2.05) is 0 Å². The molecule has 0 aromatic heterocycles. The van der Waals surface area contributed by atoms with Crippen LogP contribution in [0.25, 0.3) is 0 Å². The van der Waals surface area contributed by atoms with Gasteiger partial charge in [0.1, 0.15) is 30.2 Å². The van der Waals surface area contributed by atoms with E-state index < -0.39 is 102 Å². The Labute approximate surface area is 363 Å². The molecule has 1 aliphatic rings. The first-order valence-corrected chi connectivity index (χ1v) is 20.5. The molecular formula is C41H58N12O10. The van der Waals surface area contributed by atoms with Crippen LogP contribution >= 0.6 is 0 Å². The van der Waals surface area contributed by atoms with Crippen LogP contribution in [0.4, 0.5) is 0 Å². The third-order valence-electron chi connectivity index (χ3n) is 9.83. The van der Waals surface area contributed by atoms with Crippen LogP contribution in [-0.4, -0.2) is 120 Å². The lowest BCUT2D eigenvalue weighted by molar-refractivity contribution is -0.142. The molecule has 0 radical (unpaired) electrons. The molecule has 2 aromatic carbocycles.